The summed E-state index contributed by atoms with van der Waals surface area (Å²) in [6.45, 7) is 5.79. The van der Waals surface area contributed by atoms with Crippen LogP contribution in [0.4, 0.5) is 5.69 Å². The molecule has 0 bridgehead atoms. The SMILES string of the molecule is COc1ccc(NC(=O)[C@@H](N)C(C)(C)C)cc1-n1nnnc1C1CC1.Cl. The van der Waals surface area contributed by atoms with Crippen molar-refractivity contribution in [3.63, 3.8) is 0 Å². The largest absolute Gasteiger partial charge is 0.494 e. The summed E-state index contributed by atoms with van der Waals surface area (Å²) in [5.74, 6) is 1.59. The van der Waals surface area contributed by atoms with Crippen molar-refractivity contribution in [2.75, 3.05) is 12.4 Å². The van der Waals surface area contributed by atoms with Gasteiger partial charge in [0, 0.05) is 11.6 Å². The molecule has 142 valence electrons. The quantitative estimate of drug-likeness (QED) is 0.823. The van der Waals surface area contributed by atoms with Crippen molar-refractivity contribution >= 4 is 24.0 Å². The number of nitrogens with one attached hydrogen (secondary N) is 1. The zero-order chi connectivity index (χ0) is 18.2. The van der Waals surface area contributed by atoms with Crippen LogP contribution in [0.15, 0.2) is 18.2 Å². The van der Waals surface area contributed by atoms with E-state index in [1.54, 1.807) is 30.0 Å². The van der Waals surface area contributed by atoms with E-state index in [4.69, 9.17) is 10.5 Å². The number of amides is 1. The highest BCUT2D eigenvalue weighted by Gasteiger charge is 2.31. The molecule has 1 amide bonds. The van der Waals surface area contributed by atoms with Gasteiger partial charge < -0.3 is 15.8 Å². The second kappa shape index (κ2) is 7.59. The minimum atomic E-state index is -0.617. The minimum absolute atomic E-state index is 0. The highest BCUT2D eigenvalue weighted by molar-refractivity contribution is 5.95. The van der Waals surface area contributed by atoms with E-state index in [2.05, 4.69) is 20.8 Å². The molecule has 0 radical (unpaired) electrons. The van der Waals surface area contributed by atoms with Gasteiger partial charge in [0.05, 0.1) is 13.2 Å². The molecular formula is C17H25ClN6O2. The van der Waals surface area contributed by atoms with Crippen molar-refractivity contribution in [2.24, 2.45) is 11.1 Å². The van der Waals surface area contributed by atoms with Gasteiger partial charge in [-0.1, -0.05) is 20.8 Å². The molecule has 0 aliphatic heterocycles. The van der Waals surface area contributed by atoms with Gasteiger partial charge in [0.15, 0.2) is 5.82 Å². The fourth-order valence-electron chi connectivity index (χ4n) is 2.51. The highest BCUT2D eigenvalue weighted by Crippen LogP contribution is 2.40. The Labute approximate surface area is 158 Å². The Morgan fingerprint density at radius 3 is 2.65 bits per heavy atom. The van der Waals surface area contributed by atoms with Crippen molar-refractivity contribution in [3.8, 4) is 11.4 Å². The standard InChI is InChI=1S/C17H24N6O2.ClH/c1-17(2,3)14(18)16(24)19-11-7-8-13(25-4)12(9-11)23-15(10-5-6-10)20-21-22-23;/h7-10,14H,5-6,18H2,1-4H3,(H,19,24);1H/t14-;/m1./s1. The molecule has 1 aliphatic rings. The molecule has 0 saturated heterocycles. The molecule has 8 nitrogen and oxygen atoms in total. The molecule has 3 N–H and O–H groups in total. The third-order valence-electron chi connectivity index (χ3n) is 4.33. The van der Waals surface area contributed by atoms with E-state index in [9.17, 15) is 4.79 Å². The van der Waals surface area contributed by atoms with Gasteiger partial charge in [0.1, 0.15) is 11.4 Å². The lowest BCUT2D eigenvalue weighted by Crippen LogP contribution is -2.45. The Hall–Kier alpha value is -2.19. The average Bonchev–Trinajstić information content (AvgIpc) is 3.30. The van der Waals surface area contributed by atoms with Crippen LogP contribution in [-0.4, -0.2) is 39.3 Å². The van der Waals surface area contributed by atoms with Gasteiger partial charge in [0.2, 0.25) is 5.91 Å². The maximum absolute atomic E-state index is 12.4. The van der Waals surface area contributed by atoms with E-state index in [1.807, 2.05) is 20.8 Å². The first kappa shape index (κ1) is 20.1. The Morgan fingerprint density at radius 2 is 2.08 bits per heavy atom. The number of halogens is 1. The number of anilines is 1. The molecule has 1 aromatic heterocycles. The number of tetrazole rings is 1. The molecule has 9 heteroatoms. The predicted octanol–water partition coefficient (Wildman–Crippen LogP) is 2.28. The molecule has 1 fully saturated rings. The van der Waals surface area contributed by atoms with E-state index in [1.165, 1.54) is 0 Å². The molecule has 3 rings (SSSR count). The van der Waals surface area contributed by atoms with Crippen LogP contribution in [-0.2, 0) is 4.79 Å². The number of benzene rings is 1. The maximum Gasteiger partial charge on any atom is 0.241 e. The van der Waals surface area contributed by atoms with Crippen LogP contribution in [0.3, 0.4) is 0 Å². The summed E-state index contributed by atoms with van der Waals surface area (Å²) in [5.41, 5.74) is 7.02. The first-order valence-corrected chi connectivity index (χ1v) is 8.34. The first-order chi connectivity index (χ1) is 11.8. The molecule has 0 unspecified atom stereocenters. The van der Waals surface area contributed by atoms with Gasteiger partial charge in [-0.25, -0.2) is 0 Å². The molecule has 1 aliphatic carbocycles. The highest BCUT2D eigenvalue weighted by atomic mass is 35.5. The Balaban J connectivity index is 0.00000243. The number of hydrogen-bond acceptors (Lipinski definition) is 6. The van der Waals surface area contributed by atoms with Crippen molar-refractivity contribution in [3.05, 3.63) is 24.0 Å². The van der Waals surface area contributed by atoms with Gasteiger partial charge >= 0.3 is 0 Å². The first-order valence-electron chi connectivity index (χ1n) is 8.34. The van der Waals surface area contributed by atoms with Gasteiger partial charge in [-0.3, -0.25) is 4.79 Å². The number of hydrogen-bond donors (Lipinski definition) is 2. The summed E-state index contributed by atoms with van der Waals surface area (Å²) in [6.07, 6.45) is 2.17. The maximum atomic E-state index is 12.4. The average molecular weight is 381 g/mol. The number of carbonyl (C=O) groups is 1. The molecule has 1 saturated carbocycles. The second-order valence-corrected chi connectivity index (χ2v) is 7.44. The van der Waals surface area contributed by atoms with Crippen LogP contribution >= 0.6 is 12.4 Å². The van der Waals surface area contributed by atoms with Crippen molar-refractivity contribution in [1.82, 2.24) is 20.2 Å². The van der Waals surface area contributed by atoms with Crippen LogP contribution in [0.1, 0.15) is 45.4 Å². The smallest absolute Gasteiger partial charge is 0.241 e. The molecule has 26 heavy (non-hydrogen) atoms. The lowest BCUT2D eigenvalue weighted by Gasteiger charge is -2.26. The Morgan fingerprint density at radius 1 is 1.38 bits per heavy atom. The van der Waals surface area contributed by atoms with Crippen LogP contribution in [0.2, 0.25) is 0 Å². The number of carbonyl (C=O) groups excluding carboxylic acids is 1. The number of rotatable bonds is 5. The third kappa shape index (κ3) is 4.13. The van der Waals surface area contributed by atoms with Crippen LogP contribution in [0.25, 0.3) is 5.69 Å². The van der Waals surface area contributed by atoms with Crippen LogP contribution in [0, 0.1) is 5.41 Å². The third-order valence-corrected chi connectivity index (χ3v) is 4.33. The topological polar surface area (TPSA) is 108 Å². The number of ether oxygens (including phenoxy) is 1. The van der Waals surface area contributed by atoms with Gasteiger partial charge in [-0.2, -0.15) is 4.68 Å². The number of aromatic nitrogens is 4. The van der Waals surface area contributed by atoms with Crippen molar-refractivity contribution in [1.29, 1.82) is 0 Å². The molecule has 1 aromatic carbocycles. The number of nitrogens with two attached hydrogens (primary N) is 1. The fourth-order valence-corrected chi connectivity index (χ4v) is 2.51. The van der Waals surface area contributed by atoms with Crippen molar-refractivity contribution in [2.45, 2.75) is 45.6 Å². The van der Waals surface area contributed by atoms with Crippen molar-refractivity contribution < 1.29 is 9.53 Å². The summed E-state index contributed by atoms with van der Waals surface area (Å²) in [7, 11) is 1.59. The van der Waals surface area contributed by atoms with E-state index in [0.717, 1.165) is 18.7 Å². The van der Waals surface area contributed by atoms with E-state index in [0.29, 0.717) is 23.0 Å². The molecular weight excluding hydrogens is 356 g/mol. The zero-order valence-electron chi connectivity index (χ0n) is 15.4. The summed E-state index contributed by atoms with van der Waals surface area (Å²) >= 11 is 0. The molecule has 1 atom stereocenters. The van der Waals surface area contributed by atoms with Crippen LogP contribution in [0.5, 0.6) is 5.75 Å². The van der Waals surface area contributed by atoms with Crippen LogP contribution < -0.4 is 15.8 Å². The lowest BCUT2D eigenvalue weighted by molar-refractivity contribution is -0.119. The summed E-state index contributed by atoms with van der Waals surface area (Å²) < 4.78 is 7.11. The Kier molecular flexibility index (Phi) is 5.87. The van der Waals surface area contributed by atoms with Gasteiger partial charge in [0.25, 0.3) is 0 Å². The second-order valence-electron chi connectivity index (χ2n) is 7.44. The van der Waals surface area contributed by atoms with Gasteiger partial charge in [-0.15, -0.1) is 17.5 Å². The lowest BCUT2D eigenvalue weighted by atomic mass is 9.87. The van der Waals surface area contributed by atoms with E-state index < -0.39 is 6.04 Å². The fraction of sp³-hybridized carbons (Fsp3) is 0.529. The molecule has 2 aromatic rings. The Bertz CT molecular complexity index is 782. The number of nitrogens with zero attached hydrogens (tertiary/aromatic N) is 4. The monoisotopic (exact) mass is 380 g/mol. The summed E-state index contributed by atoms with van der Waals surface area (Å²) in [6, 6.07) is 4.74. The van der Waals surface area contributed by atoms with Gasteiger partial charge in [-0.05, 0) is 46.9 Å². The molecule has 1 heterocycles. The minimum Gasteiger partial charge on any atom is -0.494 e. The summed E-state index contributed by atoms with van der Waals surface area (Å²) in [5, 5.41) is 14.9. The predicted molar refractivity (Wildman–Crippen MR) is 101 cm³/mol. The normalized spacial score (nSPS) is 15.1. The zero-order valence-corrected chi connectivity index (χ0v) is 16.2. The van der Waals surface area contributed by atoms with E-state index in [-0.39, 0.29) is 23.7 Å². The summed E-state index contributed by atoms with van der Waals surface area (Å²) in [4.78, 5) is 12.4. The molecule has 0 spiro atoms. The number of methoxy groups -OCH3 is 1. The van der Waals surface area contributed by atoms with E-state index >= 15 is 0 Å².